The maximum absolute atomic E-state index is 10.8. The molecule has 31 heavy (non-hydrogen) atoms. The Bertz CT molecular complexity index is 941. The Morgan fingerprint density at radius 3 is 2.45 bits per heavy atom. The van der Waals surface area contributed by atoms with Crippen LogP contribution < -0.4 is 4.74 Å². The second kappa shape index (κ2) is 10.4. The summed E-state index contributed by atoms with van der Waals surface area (Å²) in [6, 6.07) is 9.84. The minimum atomic E-state index is -0.740. The number of carbonyl (C=O) groups is 1. The molecular formula is C22H23Cl4NO3S. The normalized spacial score (nSPS) is 17.1. The second-order valence-corrected chi connectivity index (χ2v) is 10.1. The Balaban J connectivity index is 0.00000272. The molecule has 1 spiro atoms. The van der Waals surface area contributed by atoms with Crippen molar-refractivity contribution < 1.29 is 14.6 Å². The standard InChI is InChI=1S/C22H22Cl3NO3S.ClH/c23-14-9-18(24)16(19(25)10-14)12-30-15-1-2-17-20(11-15)29-13-22(17)4-7-26(8-5-22)6-3-21(27)28;/h1-2,9-11H,3-8,12-13H2,(H,27,28);1H. The summed E-state index contributed by atoms with van der Waals surface area (Å²) in [6.07, 6.45) is 2.17. The molecule has 9 heteroatoms. The lowest BCUT2D eigenvalue weighted by Gasteiger charge is -2.38. The van der Waals surface area contributed by atoms with E-state index in [1.165, 1.54) is 5.56 Å². The van der Waals surface area contributed by atoms with Crippen molar-refractivity contribution in [3.05, 3.63) is 56.5 Å². The first-order valence-corrected chi connectivity index (χ1v) is 12.0. The number of nitrogens with zero attached hydrogens (tertiary/aromatic N) is 1. The molecule has 1 saturated heterocycles. The molecule has 0 aromatic heterocycles. The lowest BCUT2D eigenvalue weighted by molar-refractivity contribution is -0.137. The van der Waals surface area contributed by atoms with E-state index < -0.39 is 5.97 Å². The smallest absolute Gasteiger partial charge is 0.304 e. The topological polar surface area (TPSA) is 49.8 Å². The molecule has 2 heterocycles. The van der Waals surface area contributed by atoms with Gasteiger partial charge in [0.15, 0.2) is 0 Å². The Morgan fingerprint density at radius 1 is 1.13 bits per heavy atom. The van der Waals surface area contributed by atoms with E-state index in [4.69, 9.17) is 44.6 Å². The number of carboxylic acids is 1. The zero-order valence-electron chi connectivity index (χ0n) is 16.7. The maximum Gasteiger partial charge on any atom is 0.304 e. The summed E-state index contributed by atoms with van der Waals surface area (Å²) < 4.78 is 6.09. The summed E-state index contributed by atoms with van der Waals surface area (Å²) in [5.41, 5.74) is 2.19. The number of carboxylic acid groups (broad SMARTS) is 1. The molecule has 1 fully saturated rings. The van der Waals surface area contributed by atoms with Gasteiger partial charge in [0.1, 0.15) is 5.75 Å². The zero-order chi connectivity index (χ0) is 21.3. The van der Waals surface area contributed by atoms with Crippen molar-refractivity contribution in [1.82, 2.24) is 4.90 Å². The van der Waals surface area contributed by atoms with Crippen molar-refractivity contribution >= 4 is 64.9 Å². The van der Waals surface area contributed by atoms with E-state index in [1.54, 1.807) is 23.9 Å². The van der Waals surface area contributed by atoms with E-state index >= 15 is 0 Å². The highest BCUT2D eigenvalue weighted by atomic mass is 35.5. The fourth-order valence-electron chi connectivity index (χ4n) is 4.18. The van der Waals surface area contributed by atoms with Crippen LogP contribution in [0.15, 0.2) is 35.2 Å². The molecule has 2 aromatic carbocycles. The monoisotopic (exact) mass is 521 g/mol. The summed E-state index contributed by atoms with van der Waals surface area (Å²) in [5, 5.41) is 10.6. The third-order valence-corrected chi connectivity index (χ3v) is 7.89. The number of ether oxygens (including phenoxy) is 1. The van der Waals surface area contributed by atoms with Gasteiger partial charge in [-0.3, -0.25) is 4.79 Å². The van der Waals surface area contributed by atoms with E-state index in [0.717, 1.165) is 42.1 Å². The fourth-order valence-corrected chi connectivity index (χ4v) is 6.27. The van der Waals surface area contributed by atoms with Crippen molar-refractivity contribution in [1.29, 1.82) is 0 Å². The largest absolute Gasteiger partial charge is 0.492 e. The van der Waals surface area contributed by atoms with E-state index in [2.05, 4.69) is 23.1 Å². The average Bonchev–Trinajstić information content (AvgIpc) is 3.04. The molecule has 0 atom stereocenters. The lowest BCUT2D eigenvalue weighted by atomic mass is 9.74. The number of piperidine rings is 1. The van der Waals surface area contributed by atoms with Crippen LogP contribution in [-0.2, 0) is 16.0 Å². The summed E-state index contributed by atoms with van der Waals surface area (Å²) in [6.45, 7) is 3.11. The molecule has 0 amide bonds. The Hall–Kier alpha value is -0.820. The molecule has 0 aliphatic carbocycles. The molecule has 1 N–H and O–H groups in total. The number of aliphatic carboxylic acids is 1. The summed E-state index contributed by atoms with van der Waals surface area (Å²) in [5.74, 6) is 0.862. The molecule has 168 valence electrons. The molecule has 0 bridgehead atoms. The second-order valence-electron chi connectivity index (χ2n) is 7.85. The molecule has 2 aromatic rings. The van der Waals surface area contributed by atoms with Crippen LogP contribution in [0.5, 0.6) is 5.75 Å². The molecule has 4 nitrogen and oxygen atoms in total. The minimum absolute atomic E-state index is 0. The van der Waals surface area contributed by atoms with Crippen LogP contribution in [0.4, 0.5) is 0 Å². The summed E-state index contributed by atoms with van der Waals surface area (Å²) >= 11 is 20.3. The van der Waals surface area contributed by atoms with E-state index in [1.807, 2.05) is 0 Å². The van der Waals surface area contributed by atoms with Gasteiger partial charge in [0.05, 0.1) is 13.0 Å². The Kier molecular flexibility index (Phi) is 8.33. The zero-order valence-corrected chi connectivity index (χ0v) is 20.6. The number of hydrogen-bond acceptors (Lipinski definition) is 4. The van der Waals surface area contributed by atoms with Crippen LogP contribution in [0.25, 0.3) is 0 Å². The number of thioether (sulfide) groups is 1. The fraction of sp³-hybridized carbons (Fsp3) is 0.409. The quantitative estimate of drug-likeness (QED) is 0.435. The van der Waals surface area contributed by atoms with E-state index in [0.29, 0.717) is 34.0 Å². The van der Waals surface area contributed by atoms with Gasteiger partial charge in [-0.25, -0.2) is 0 Å². The molecule has 0 radical (unpaired) electrons. The predicted octanol–water partition coefficient (Wildman–Crippen LogP) is 6.56. The van der Waals surface area contributed by atoms with Gasteiger partial charge in [-0.2, -0.15) is 0 Å². The molecular weight excluding hydrogens is 500 g/mol. The highest BCUT2D eigenvalue weighted by Gasteiger charge is 2.43. The Labute approximate surface area is 207 Å². The van der Waals surface area contributed by atoms with Gasteiger partial charge in [0.25, 0.3) is 0 Å². The predicted molar refractivity (Wildman–Crippen MR) is 130 cm³/mol. The van der Waals surface area contributed by atoms with Crippen molar-refractivity contribution in [2.45, 2.75) is 35.3 Å². The Morgan fingerprint density at radius 2 is 1.81 bits per heavy atom. The number of hydrogen-bond donors (Lipinski definition) is 1. The number of rotatable bonds is 6. The molecule has 0 saturated carbocycles. The first kappa shape index (κ1) is 24.8. The van der Waals surface area contributed by atoms with Crippen LogP contribution in [0.1, 0.15) is 30.4 Å². The van der Waals surface area contributed by atoms with Gasteiger partial charge in [0.2, 0.25) is 0 Å². The van der Waals surface area contributed by atoms with E-state index in [-0.39, 0.29) is 24.2 Å². The third kappa shape index (κ3) is 5.58. The van der Waals surface area contributed by atoms with Crippen molar-refractivity contribution in [2.75, 3.05) is 26.2 Å². The summed E-state index contributed by atoms with van der Waals surface area (Å²) in [4.78, 5) is 14.2. The first-order chi connectivity index (χ1) is 14.4. The maximum atomic E-state index is 10.8. The third-order valence-electron chi connectivity index (χ3n) is 5.97. The lowest BCUT2D eigenvalue weighted by Crippen LogP contribution is -2.44. The average molecular weight is 523 g/mol. The van der Waals surface area contributed by atoms with Crippen molar-refractivity contribution in [2.24, 2.45) is 0 Å². The van der Waals surface area contributed by atoms with Gasteiger partial charge in [-0.15, -0.1) is 24.2 Å². The highest BCUT2D eigenvalue weighted by Crippen LogP contribution is 2.47. The number of benzene rings is 2. The molecule has 4 rings (SSSR count). The van der Waals surface area contributed by atoms with Gasteiger partial charge < -0.3 is 14.7 Å². The highest BCUT2D eigenvalue weighted by molar-refractivity contribution is 7.98. The molecule has 0 unspecified atom stereocenters. The molecule has 2 aliphatic heterocycles. The van der Waals surface area contributed by atoms with Crippen LogP contribution >= 0.6 is 59.0 Å². The van der Waals surface area contributed by atoms with Gasteiger partial charge in [-0.1, -0.05) is 40.9 Å². The van der Waals surface area contributed by atoms with Gasteiger partial charge in [0, 0.05) is 43.2 Å². The van der Waals surface area contributed by atoms with Crippen molar-refractivity contribution in [3.8, 4) is 5.75 Å². The van der Waals surface area contributed by atoms with Crippen LogP contribution in [0.2, 0.25) is 15.1 Å². The van der Waals surface area contributed by atoms with Crippen LogP contribution in [0, 0.1) is 0 Å². The van der Waals surface area contributed by atoms with Gasteiger partial charge >= 0.3 is 5.97 Å². The van der Waals surface area contributed by atoms with Crippen molar-refractivity contribution in [3.63, 3.8) is 0 Å². The number of likely N-dealkylation sites (tertiary alicyclic amines) is 1. The summed E-state index contributed by atoms with van der Waals surface area (Å²) in [7, 11) is 0. The SMILES string of the molecule is Cl.O=C(O)CCN1CCC2(CC1)COc1cc(SCc3c(Cl)cc(Cl)cc3Cl)ccc12. The van der Waals surface area contributed by atoms with Gasteiger partial charge in [-0.05, 0) is 55.8 Å². The van der Waals surface area contributed by atoms with E-state index in [9.17, 15) is 4.79 Å². The molecule has 2 aliphatic rings. The first-order valence-electron chi connectivity index (χ1n) is 9.84. The number of fused-ring (bicyclic) bond motifs is 2. The minimum Gasteiger partial charge on any atom is -0.492 e. The van der Waals surface area contributed by atoms with Crippen LogP contribution in [0.3, 0.4) is 0 Å². The number of halogens is 4. The van der Waals surface area contributed by atoms with Crippen LogP contribution in [-0.4, -0.2) is 42.2 Å².